The number of methoxy groups -OCH3 is 1. The molecule has 1 heterocycles. The normalized spacial score (nSPS) is 11.5. The molecule has 162 valence electrons. The van der Waals surface area contributed by atoms with E-state index in [4.69, 9.17) is 4.74 Å². The van der Waals surface area contributed by atoms with Crippen molar-refractivity contribution in [1.29, 1.82) is 0 Å². The number of nitrogens with one attached hydrogen (secondary N) is 2. The molecule has 3 aromatic rings. The van der Waals surface area contributed by atoms with Crippen LogP contribution in [0.15, 0.2) is 48.5 Å². The number of benzene rings is 2. The third-order valence-electron chi connectivity index (χ3n) is 4.44. The molecule has 10 heteroatoms. The van der Waals surface area contributed by atoms with Crippen molar-refractivity contribution < 1.29 is 23.5 Å². The second-order valence-electron chi connectivity index (χ2n) is 6.69. The number of carbonyl (C=O) groups excluding carboxylic acids is 2. The fourth-order valence-electron chi connectivity index (χ4n) is 2.89. The van der Waals surface area contributed by atoms with Crippen LogP contribution in [0.2, 0.25) is 0 Å². The number of rotatable bonds is 6. The standard InChI is InChI=1S/C21H22FN5O4/c1-13-5-4-6-15(11-13)17(12-22)31-21(29)24-19-18(25-26-27(19)2)14-7-9-16(10-8-14)23-20(28)30-3/h4-11,17H,12H2,1-3H3,(H,23,28)(H,24,29)/t17-/m1/s1. The van der Waals surface area contributed by atoms with E-state index < -0.39 is 25.0 Å². The third kappa shape index (κ3) is 5.35. The van der Waals surface area contributed by atoms with Gasteiger partial charge in [0, 0.05) is 18.3 Å². The lowest BCUT2D eigenvalue weighted by Crippen LogP contribution is -2.20. The van der Waals surface area contributed by atoms with E-state index >= 15 is 0 Å². The fourth-order valence-corrected chi connectivity index (χ4v) is 2.89. The van der Waals surface area contributed by atoms with Gasteiger partial charge in [-0.3, -0.25) is 10.6 Å². The molecule has 0 aliphatic carbocycles. The Morgan fingerprint density at radius 2 is 1.87 bits per heavy atom. The number of hydrogen-bond acceptors (Lipinski definition) is 6. The Hall–Kier alpha value is -3.95. The van der Waals surface area contributed by atoms with Crippen molar-refractivity contribution in [2.24, 2.45) is 7.05 Å². The van der Waals surface area contributed by atoms with Crippen LogP contribution in [0.25, 0.3) is 11.3 Å². The van der Waals surface area contributed by atoms with Gasteiger partial charge in [0.2, 0.25) is 0 Å². The monoisotopic (exact) mass is 427 g/mol. The number of anilines is 2. The maximum Gasteiger partial charge on any atom is 0.413 e. The molecular formula is C21H22FN5O4. The zero-order valence-electron chi connectivity index (χ0n) is 17.3. The van der Waals surface area contributed by atoms with E-state index in [2.05, 4.69) is 25.7 Å². The highest BCUT2D eigenvalue weighted by molar-refractivity contribution is 5.89. The van der Waals surface area contributed by atoms with E-state index in [0.717, 1.165) is 5.56 Å². The number of halogens is 1. The van der Waals surface area contributed by atoms with Gasteiger partial charge in [-0.1, -0.05) is 47.2 Å². The molecule has 31 heavy (non-hydrogen) atoms. The van der Waals surface area contributed by atoms with Crippen molar-refractivity contribution in [3.05, 3.63) is 59.7 Å². The van der Waals surface area contributed by atoms with Crippen molar-refractivity contribution in [2.45, 2.75) is 13.0 Å². The van der Waals surface area contributed by atoms with Crippen molar-refractivity contribution in [3.63, 3.8) is 0 Å². The summed E-state index contributed by atoms with van der Waals surface area (Å²) >= 11 is 0. The van der Waals surface area contributed by atoms with Crippen LogP contribution in [0.3, 0.4) is 0 Å². The number of ether oxygens (including phenoxy) is 2. The summed E-state index contributed by atoms with van der Waals surface area (Å²) in [4.78, 5) is 23.8. The predicted molar refractivity (Wildman–Crippen MR) is 112 cm³/mol. The highest BCUT2D eigenvalue weighted by Crippen LogP contribution is 2.27. The van der Waals surface area contributed by atoms with E-state index in [-0.39, 0.29) is 5.82 Å². The number of alkyl halides is 1. The maximum absolute atomic E-state index is 13.5. The van der Waals surface area contributed by atoms with E-state index in [9.17, 15) is 14.0 Å². The summed E-state index contributed by atoms with van der Waals surface area (Å²) in [6, 6.07) is 13.8. The Bertz CT molecular complexity index is 1070. The molecule has 0 aliphatic heterocycles. The zero-order chi connectivity index (χ0) is 22.4. The number of hydrogen-bond donors (Lipinski definition) is 2. The van der Waals surface area contributed by atoms with Gasteiger partial charge >= 0.3 is 12.2 Å². The molecule has 3 rings (SSSR count). The first-order chi connectivity index (χ1) is 14.9. The average molecular weight is 427 g/mol. The van der Waals surface area contributed by atoms with Crippen LogP contribution < -0.4 is 10.6 Å². The molecule has 0 radical (unpaired) electrons. The van der Waals surface area contributed by atoms with Gasteiger partial charge in [0.05, 0.1) is 7.11 Å². The van der Waals surface area contributed by atoms with Crippen LogP contribution in [0.1, 0.15) is 17.2 Å². The van der Waals surface area contributed by atoms with Crippen molar-refractivity contribution >= 4 is 23.7 Å². The number of amides is 2. The Morgan fingerprint density at radius 1 is 1.13 bits per heavy atom. The molecule has 0 saturated heterocycles. The minimum absolute atomic E-state index is 0.278. The minimum atomic E-state index is -1.03. The molecule has 2 aromatic carbocycles. The fraction of sp³-hybridized carbons (Fsp3) is 0.238. The summed E-state index contributed by atoms with van der Waals surface area (Å²) in [5.41, 5.74) is 3.05. The number of carbonyl (C=O) groups is 2. The first-order valence-electron chi connectivity index (χ1n) is 9.36. The summed E-state index contributed by atoms with van der Waals surface area (Å²) < 4.78 is 24.7. The van der Waals surface area contributed by atoms with Crippen LogP contribution in [0, 0.1) is 6.92 Å². The predicted octanol–water partition coefficient (Wildman–Crippen LogP) is 4.23. The summed E-state index contributed by atoms with van der Waals surface area (Å²) in [7, 11) is 2.87. The largest absolute Gasteiger partial charge is 0.453 e. The van der Waals surface area contributed by atoms with Crippen LogP contribution in [-0.4, -0.2) is 41.0 Å². The average Bonchev–Trinajstić information content (AvgIpc) is 3.12. The molecule has 0 unspecified atom stereocenters. The van der Waals surface area contributed by atoms with Gasteiger partial charge < -0.3 is 9.47 Å². The molecule has 1 aromatic heterocycles. The first-order valence-corrected chi connectivity index (χ1v) is 9.36. The Labute approximate surface area is 178 Å². The lowest BCUT2D eigenvalue weighted by Gasteiger charge is -2.16. The van der Waals surface area contributed by atoms with Gasteiger partial charge in [-0.25, -0.2) is 18.7 Å². The van der Waals surface area contributed by atoms with Crippen molar-refractivity contribution in [1.82, 2.24) is 15.0 Å². The number of nitrogens with zero attached hydrogens (tertiary/aromatic N) is 3. The summed E-state index contributed by atoms with van der Waals surface area (Å²) in [6.07, 6.45) is -2.46. The second kappa shape index (κ2) is 9.70. The van der Waals surface area contributed by atoms with Gasteiger partial charge in [0.1, 0.15) is 12.4 Å². The smallest absolute Gasteiger partial charge is 0.413 e. The summed E-state index contributed by atoms with van der Waals surface area (Å²) in [5.74, 6) is 0.278. The topological polar surface area (TPSA) is 107 Å². The van der Waals surface area contributed by atoms with E-state index in [1.54, 1.807) is 49.5 Å². The molecule has 9 nitrogen and oxygen atoms in total. The minimum Gasteiger partial charge on any atom is -0.453 e. The molecule has 0 aliphatic rings. The zero-order valence-corrected chi connectivity index (χ0v) is 17.3. The lowest BCUT2D eigenvalue weighted by molar-refractivity contribution is 0.0928. The summed E-state index contributed by atoms with van der Waals surface area (Å²) in [6.45, 7) is 1.01. The van der Waals surface area contributed by atoms with Gasteiger partial charge in [0.15, 0.2) is 11.9 Å². The Kier molecular flexibility index (Phi) is 6.81. The molecule has 0 saturated carbocycles. The van der Waals surface area contributed by atoms with Gasteiger partial charge in [-0.2, -0.15) is 0 Å². The highest BCUT2D eigenvalue weighted by Gasteiger charge is 2.21. The van der Waals surface area contributed by atoms with Crippen LogP contribution in [0.4, 0.5) is 25.5 Å². The molecule has 0 bridgehead atoms. The third-order valence-corrected chi connectivity index (χ3v) is 4.44. The summed E-state index contributed by atoms with van der Waals surface area (Å²) in [5, 5.41) is 13.1. The van der Waals surface area contributed by atoms with Gasteiger partial charge in [-0.15, -0.1) is 5.10 Å². The van der Waals surface area contributed by atoms with Crippen LogP contribution in [-0.2, 0) is 16.5 Å². The van der Waals surface area contributed by atoms with E-state index in [0.29, 0.717) is 22.5 Å². The molecule has 0 fully saturated rings. The molecule has 2 amide bonds. The lowest BCUT2D eigenvalue weighted by atomic mass is 10.1. The van der Waals surface area contributed by atoms with Gasteiger partial charge in [0.25, 0.3) is 0 Å². The number of aromatic nitrogens is 3. The molecular weight excluding hydrogens is 405 g/mol. The molecule has 2 N–H and O–H groups in total. The van der Waals surface area contributed by atoms with Crippen LogP contribution in [0.5, 0.6) is 0 Å². The second-order valence-corrected chi connectivity index (χ2v) is 6.69. The van der Waals surface area contributed by atoms with Crippen molar-refractivity contribution in [3.8, 4) is 11.3 Å². The molecule has 0 spiro atoms. The first kappa shape index (κ1) is 21.8. The Balaban J connectivity index is 1.74. The van der Waals surface area contributed by atoms with Crippen molar-refractivity contribution in [2.75, 3.05) is 24.4 Å². The molecule has 1 atom stereocenters. The van der Waals surface area contributed by atoms with E-state index in [1.165, 1.54) is 11.8 Å². The highest BCUT2D eigenvalue weighted by atomic mass is 19.1. The quantitative estimate of drug-likeness (QED) is 0.610. The SMILES string of the molecule is COC(=O)Nc1ccc(-c2nnn(C)c2NC(=O)O[C@H](CF)c2cccc(C)c2)cc1. The van der Waals surface area contributed by atoms with E-state index in [1.807, 2.05) is 13.0 Å². The Morgan fingerprint density at radius 3 is 2.52 bits per heavy atom. The number of aryl methyl sites for hydroxylation is 2. The maximum atomic E-state index is 13.5. The van der Waals surface area contributed by atoms with Gasteiger partial charge in [-0.05, 0) is 24.6 Å². The van der Waals surface area contributed by atoms with Crippen LogP contribution >= 0.6 is 0 Å².